The van der Waals surface area contributed by atoms with Crippen LogP contribution >= 0.6 is 0 Å². The summed E-state index contributed by atoms with van der Waals surface area (Å²) in [5.74, 6) is 0. The van der Waals surface area contributed by atoms with Gasteiger partial charge in [-0.1, -0.05) is 0 Å². The molecule has 0 radical (unpaired) electrons. The zero-order valence-electron chi connectivity index (χ0n) is 6.72. The maximum atomic E-state index is 13.2. The summed E-state index contributed by atoms with van der Waals surface area (Å²) in [5.41, 5.74) is 0. The molecule has 2 fully saturated rings. The van der Waals surface area contributed by atoms with E-state index in [4.69, 9.17) is 0 Å². The summed E-state index contributed by atoms with van der Waals surface area (Å²) >= 11 is 0. The number of hydrogen-bond acceptors (Lipinski definition) is 2. The van der Waals surface area contributed by atoms with Crippen LogP contribution in [0, 0.1) is 0 Å². The molecule has 2 aliphatic rings. The number of alkyl halides is 1. The third-order valence-electron chi connectivity index (χ3n) is 2.73. The van der Waals surface area contributed by atoms with E-state index in [1.807, 2.05) is 0 Å². The quantitative estimate of drug-likeness (QED) is 0.594. The molecule has 0 aromatic rings. The van der Waals surface area contributed by atoms with Gasteiger partial charge >= 0.3 is 0 Å². The Morgan fingerprint density at radius 3 is 2.73 bits per heavy atom. The molecule has 0 aliphatic carbocycles. The Balaban J connectivity index is 1.88. The Bertz CT molecular complexity index is 134. The van der Waals surface area contributed by atoms with Crippen LogP contribution in [0.4, 0.5) is 4.39 Å². The molecule has 11 heavy (non-hydrogen) atoms. The van der Waals surface area contributed by atoms with Crippen molar-refractivity contribution in [3.63, 3.8) is 0 Å². The second kappa shape index (κ2) is 3.07. The van der Waals surface area contributed by atoms with Crippen molar-refractivity contribution in [2.24, 2.45) is 0 Å². The first kappa shape index (κ1) is 7.50. The smallest absolute Gasteiger partial charge is 0.118 e. The number of nitrogens with zero attached hydrogens (tertiary/aromatic N) is 1. The Morgan fingerprint density at radius 2 is 2.18 bits per heavy atom. The first-order chi connectivity index (χ1) is 5.38. The summed E-state index contributed by atoms with van der Waals surface area (Å²) in [4.78, 5) is 2.25. The summed E-state index contributed by atoms with van der Waals surface area (Å²) in [6.07, 6.45) is 1.36. The predicted octanol–water partition coefficient (Wildman–Crippen LogP) is 0.392. The minimum absolute atomic E-state index is 0.178. The molecule has 3 heteroatoms. The van der Waals surface area contributed by atoms with Gasteiger partial charge in [0.25, 0.3) is 0 Å². The van der Waals surface area contributed by atoms with E-state index >= 15 is 0 Å². The molecule has 2 nitrogen and oxygen atoms in total. The van der Waals surface area contributed by atoms with Gasteiger partial charge in [0.2, 0.25) is 0 Å². The molecule has 2 saturated heterocycles. The van der Waals surface area contributed by atoms with E-state index < -0.39 is 6.17 Å². The first-order valence-corrected chi connectivity index (χ1v) is 4.47. The topological polar surface area (TPSA) is 15.3 Å². The fourth-order valence-electron chi connectivity index (χ4n) is 1.84. The second-order valence-corrected chi connectivity index (χ2v) is 3.47. The van der Waals surface area contributed by atoms with E-state index in [-0.39, 0.29) is 6.04 Å². The number of likely N-dealkylation sites (tertiary alicyclic amines) is 1. The van der Waals surface area contributed by atoms with E-state index in [0.717, 1.165) is 26.2 Å². The van der Waals surface area contributed by atoms with Crippen LogP contribution in [0.2, 0.25) is 0 Å². The first-order valence-electron chi connectivity index (χ1n) is 4.47. The van der Waals surface area contributed by atoms with Crippen molar-refractivity contribution in [2.45, 2.75) is 25.1 Å². The van der Waals surface area contributed by atoms with E-state index in [0.29, 0.717) is 6.42 Å². The van der Waals surface area contributed by atoms with E-state index in [1.165, 1.54) is 6.42 Å². The lowest BCUT2D eigenvalue weighted by Crippen LogP contribution is -2.56. The van der Waals surface area contributed by atoms with E-state index in [2.05, 4.69) is 10.2 Å². The molecule has 2 aliphatic heterocycles. The number of piperidine rings is 1. The van der Waals surface area contributed by atoms with Gasteiger partial charge in [-0.2, -0.15) is 0 Å². The third kappa shape index (κ3) is 1.40. The molecule has 0 saturated carbocycles. The molecule has 2 atom stereocenters. The normalized spacial score (nSPS) is 40.1. The summed E-state index contributed by atoms with van der Waals surface area (Å²) in [6.45, 7) is 3.91. The largest absolute Gasteiger partial charge is 0.315 e. The predicted molar refractivity (Wildman–Crippen MR) is 42.4 cm³/mol. The lowest BCUT2D eigenvalue weighted by Gasteiger charge is -2.42. The SMILES string of the molecule is F[C@@H]1CCNC[C@@H]1N1CCC1. The van der Waals surface area contributed by atoms with Crippen LogP contribution in [0.5, 0.6) is 0 Å². The molecule has 1 N–H and O–H groups in total. The zero-order chi connectivity index (χ0) is 7.68. The Labute approximate surface area is 66.8 Å². The average molecular weight is 158 g/mol. The summed E-state index contributed by atoms with van der Waals surface area (Å²) in [7, 11) is 0. The fraction of sp³-hybridized carbons (Fsp3) is 1.00. The minimum atomic E-state index is -0.587. The van der Waals surface area contributed by atoms with Gasteiger partial charge in [-0.3, -0.25) is 4.90 Å². The molecule has 0 amide bonds. The lowest BCUT2D eigenvalue weighted by molar-refractivity contribution is 0.0420. The Kier molecular flexibility index (Phi) is 2.09. The van der Waals surface area contributed by atoms with E-state index in [9.17, 15) is 4.39 Å². The van der Waals surface area contributed by atoms with E-state index in [1.54, 1.807) is 0 Å². The monoisotopic (exact) mass is 158 g/mol. The Hall–Kier alpha value is -0.150. The van der Waals surface area contributed by atoms with Gasteiger partial charge in [-0.05, 0) is 32.5 Å². The molecule has 0 bridgehead atoms. The molecule has 0 unspecified atom stereocenters. The van der Waals surface area contributed by atoms with Crippen LogP contribution < -0.4 is 5.32 Å². The van der Waals surface area contributed by atoms with Crippen molar-refractivity contribution >= 4 is 0 Å². The van der Waals surface area contributed by atoms with Crippen molar-refractivity contribution in [3.8, 4) is 0 Å². The standard InChI is InChI=1S/C8H15FN2/c9-7-2-3-10-6-8(7)11-4-1-5-11/h7-8,10H,1-6H2/t7-,8+/m1/s1. The van der Waals surface area contributed by atoms with Crippen LogP contribution in [0.15, 0.2) is 0 Å². The van der Waals surface area contributed by atoms with Gasteiger partial charge in [0.1, 0.15) is 6.17 Å². The number of nitrogens with one attached hydrogen (secondary N) is 1. The molecule has 0 aromatic heterocycles. The summed E-state index contributed by atoms with van der Waals surface area (Å²) in [6, 6.07) is 0.178. The van der Waals surface area contributed by atoms with Gasteiger partial charge in [-0.25, -0.2) is 4.39 Å². The maximum absolute atomic E-state index is 13.2. The molecule has 2 rings (SSSR count). The highest BCUT2D eigenvalue weighted by Crippen LogP contribution is 2.19. The van der Waals surface area contributed by atoms with Crippen molar-refractivity contribution in [2.75, 3.05) is 26.2 Å². The average Bonchev–Trinajstić information content (AvgIpc) is 1.90. The summed E-state index contributed by atoms with van der Waals surface area (Å²) in [5, 5.41) is 3.23. The maximum Gasteiger partial charge on any atom is 0.118 e. The van der Waals surface area contributed by atoms with Gasteiger partial charge < -0.3 is 5.32 Å². The van der Waals surface area contributed by atoms with Crippen molar-refractivity contribution < 1.29 is 4.39 Å². The molecule has 0 aromatic carbocycles. The summed E-state index contributed by atoms with van der Waals surface area (Å²) < 4.78 is 13.2. The highest BCUT2D eigenvalue weighted by Gasteiger charge is 2.32. The van der Waals surface area contributed by atoms with Crippen LogP contribution in [0.1, 0.15) is 12.8 Å². The molecule has 2 heterocycles. The van der Waals surface area contributed by atoms with Gasteiger partial charge in [0, 0.05) is 6.54 Å². The molecular formula is C8H15FN2. The molecule has 0 spiro atoms. The van der Waals surface area contributed by atoms with Gasteiger partial charge in [0.15, 0.2) is 0 Å². The highest BCUT2D eigenvalue weighted by atomic mass is 19.1. The van der Waals surface area contributed by atoms with Gasteiger partial charge in [-0.15, -0.1) is 0 Å². The lowest BCUT2D eigenvalue weighted by atomic mass is 10.0. The number of hydrogen-bond donors (Lipinski definition) is 1. The Morgan fingerprint density at radius 1 is 1.36 bits per heavy atom. The third-order valence-corrected chi connectivity index (χ3v) is 2.73. The molecule has 64 valence electrons. The van der Waals surface area contributed by atoms with Crippen molar-refractivity contribution in [1.82, 2.24) is 10.2 Å². The van der Waals surface area contributed by atoms with Gasteiger partial charge in [0.05, 0.1) is 6.04 Å². The van der Waals surface area contributed by atoms with Crippen LogP contribution in [0.3, 0.4) is 0 Å². The van der Waals surface area contributed by atoms with Crippen molar-refractivity contribution in [1.29, 1.82) is 0 Å². The van der Waals surface area contributed by atoms with Crippen LogP contribution in [-0.4, -0.2) is 43.3 Å². The van der Waals surface area contributed by atoms with Crippen molar-refractivity contribution in [3.05, 3.63) is 0 Å². The molecular weight excluding hydrogens is 143 g/mol. The number of halogens is 1. The highest BCUT2D eigenvalue weighted by molar-refractivity contribution is 4.88. The van der Waals surface area contributed by atoms with Crippen LogP contribution in [-0.2, 0) is 0 Å². The minimum Gasteiger partial charge on any atom is -0.315 e. The zero-order valence-corrected chi connectivity index (χ0v) is 6.72. The second-order valence-electron chi connectivity index (χ2n) is 3.47. The number of rotatable bonds is 1. The van der Waals surface area contributed by atoms with Crippen LogP contribution in [0.25, 0.3) is 0 Å². The fourth-order valence-corrected chi connectivity index (χ4v) is 1.84.